The summed E-state index contributed by atoms with van der Waals surface area (Å²) in [5.74, 6) is 0.616. The molecule has 10 heteroatoms. The number of hydrogen-bond donors (Lipinski definition) is 1. The number of nitrogens with zero attached hydrogens (tertiary/aromatic N) is 4. The number of nitrogens with one attached hydrogen (secondary N) is 1. The third-order valence-electron chi connectivity index (χ3n) is 6.70. The molecule has 1 aliphatic rings. The average molecular weight is 526 g/mol. The van der Waals surface area contributed by atoms with E-state index in [1.807, 2.05) is 49.0 Å². The first kappa shape index (κ1) is 24.7. The Bertz CT molecular complexity index is 1510. The minimum Gasteiger partial charge on any atom is -0.487 e. The van der Waals surface area contributed by atoms with E-state index in [0.29, 0.717) is 34.7 Å². The molecule has 0 spiro atoms. The summed E-state index contributed by atoms with van der Waals surface area (Å²) < 4.78 is 36.2. The minimum atomic E-state index is -3.40. The zero-order valence-electron chi connectivity index (χ0n) is 20.2. The van der Waals surface area contributed by atoms with Crippen molar-refractivity contribution in [1.82, 2.24) is 24.5 Å². The molecule has 3 heterocycles. The molecule has 1 aliphatic carbocycles. The van der Waals surface area contributed by atoms with Crippen LogP contribution in [-0.2, 0) is 30.2 Å². The van der Waals surface area contributed by atoms with Crippen LogP contribution in [0.1, 0.15) is 42.5 Å². The molecular weight excluding hydrogens is 498 g/mol. The highest BCUT2D eigenvalue weighted by atomic mass is 35.5. The number of benzene rings is 1. The number of aromatic nitrogens is 4. The molecule has 1 aromatic carbocycles. The standard InChI is InChI=1S/C26H28ClN5O3S/c1-17-12-21(24-10-11-29-32(24)2)20-8-5-9-25(26(20)31-17)35-16-22-18(13-28-15-23(22)27)14-30-36(33,34)19-6-3-4-7-19/h5,8-13,15,19,30H,3-4,6-7,14,16H2,1-2H3. The Balaban J connectivity index is 1.42. The van der Waals surface area contributed by atoms with Crippen LogP contribution in [0.5, 0.6) is 5.75 Å². The smallest absolute Gasteiger partial charge is 0.214 e. The molecule has 0 aliphatic heterocycles. The van der Waals surface area contributed by atoms with Crippen molar-refractivity contribution in [3.63, 3.8) is 0 Å². The third kappa shape index (κ3) is 4.96. The second-order valence-electron chi connectivity index (χ2n) is 9.12. The fourth-order valence-corrected chi connectivity index (χ4v) is 6.56. The maximum absolute atomic E-state index is 12.7. The van der Waals surface area contributed by atoms with E-state index in [2.05, 4.69) is 14.8 Å². The highest BCUT2D eigenvalue weighted by Gasteiger charge is 2.28. The van der Waals surface area contributed by atoms with E-state index in [1.54, 1.807) is 18.6 Å². The van der Waals surface area contributed by atoms with Gasteiger partial charge in [0, 0.05) is 54.4 Å². The van der Waals surface area contributed by atoms with Crippen molar-refractivity contribution in [2.75, 3.05) is 0 Å². The second kappa shape index (κ2) is 10.2. The topological polar surface area (TPSA) is 99.0 Å². The first-order valence-corrected chi connectivity index (χ1v) is 13.9. The molecule has 0 saturated heterocycles. The maximum Gasteiger partial charge on any atom is 0.214 e. The van der Waals surface area contributed by atoms with Gasteiger partial charge in [0.1, 0.15) is 17.9 Å². The van der Waals surface area contributed by atoms with E-state index in [9.17, 15) is 8.42 Å². The van der Waals surface area contributed by atoms with Gasteiger partial charge in [0.25, 0.3) is 0 Å². The van der Waals surface area contributed by atoms with E-state index in [1.165, 1.54) is 0 Å². The zero-order chi connectivity index (χ0) is 25.3. The number of ether oxygens (including phenoxy) is 1. The Morgan fingerprint density at radius 3 is 2.75 bits per heavy atom. The molecule has 0 amide bonds. The number of pyridine rings is 2. The van der Waals surface area contributed by atoms with Gasteiger partial charge in [-0.3, -0.25) is 9.67 Å². The predicted octanol–water partition coefficient (Wildman–Crippen LogP) is 4.93. The summed E-state index contributed by atoms with van der Waals surface area (Å²) in [5.41, 5.74) is 4.98. The molecule has 188 valence electrons. The lowest BCUT2D eigenvalue weighted by Gasteiger charge is -2.16. The highest BCUT2D eigenvalue weighted by Crippen LogP contribution is 2.34. The summed E-state index contributed by atoms with van der Waals surface area (Å²) in [7, 11) is -1.49. The molecule has 5 rings (SSSR count). The van der Waals surface area contributed by atoms with Crippen LogP contribution >= 0.6 is 11.6 Å². The van der Waals surface area contributed by atoms with Crippen LogP contribution in [0.4, 0.5) is 0 Å². The van der Waals surface area contributed by atoms with Crippen LogP contribution < -0.4 is 9.46 Å². The average Bonchev–Trinajstić information content (AvgIpc) is 3.54. The SMILES string of the molecule is Cc1cc(-c2ccnn2C)c2cccc(OCc3c(Cl)cncc3CNS(=O)(=O)C3CCCC3)c2n1. The van der Waals surface area contributed by atoms with E-state index < -0.39 is 10.0 Å². The lowest BCUT2D eigenvalue weighted by molar-refractivity contribution is 0.308. The van der Waals surface area contributed by atoms with Crippen molar-refractivity contribution in [2.45, 2.75) is 51.0 Å². The number of para-hydroxylation sites is 1. The summed E-state index contributed by atoms with van der Waals surface area (Å²) in [6.45, 7) is 2.21. The van der Waals surface area contributed by atoms with Crippen molar-refractivity contribution in [3.8, 4) is 17.0 Å². The van der Waals surface area contributed by atoms with Crippen molar-refractivity contribution in [1.29, 1.82) is 0 Å². The predicted molar refractivity (Wildman–Crippen MR) is 140 cm³/mol. The molecule has 0 bridgehead atoms. The van der Waals surface area contributed by atoms with Crippen LogP contribution in [-0.4, -0.2) is 33.4 Å². The minimum absolute atomic E-state index is 0.114. The van der Waals surface area contributed by atoms with E-state index in [4.69, 9.17) is 21.3 Å². The van der Waals surface area contributed by atoms with Crippen molar-refractivity contribution in [2.24, 2.45) is 7.05 Å². The molecule has 1 fully saturated rings. The third-order valence-corrected chi connectivity index (χ3v) is 8.92. The molecule has 0 radical (unpaired) electrons. The van der Waals surface area contributed by atoms with Gasteiger partial charge < -0.3 is 4.74 Å². The molecule has 0 atom stereocenters. The summed E-state index contributed by atoms with van der Waals surface area (Å²) >= 11 is 6.48. The summed E-state index contributed by atoms with van der Waals surface area (Å²) in [6.07, 6.45) is 8.25. The number of fused-ring (bicyclic) bond motifs is 1. The Morgan fingerprint density at radius 2 is 2.00 bits per heavy atom. The van der Waals surface area contributed by atoms with Gasteiger partial charge in [-0.1, -0.05) is 36.6 Å². The molecule has 8 nitrogen and oxygen atoms in total. The first-order valence-electron chi connectivity index (χ1n) is 11.9. The Labute approximate surface area is 215 Å². The Hall–Kier alpha value is -3.01. The van der Waals surface area contributed by atoms with E-state index in [-0.39, 0.29) is 18.4 Å². The quantitative estimate of drug-likeness (QED) is 0.350. The summed E-state index contributed by atoms with van der Waals surface area (Å²) in [4.78, 5) is 8.92. The fourth-order valence-electron chi connectivity index (χ4n) is 4.78. The second-order valence-corrected chi connectivity index (χ2v) is 11.6. The summed E-state index contributed by atoms with van der Waals surface area (Å²) in [5, 5.41) is 5.35. The monoisotopic (exact) mass is 525 g/mol. The zero-order valence-corrected chi connectivity index (χ0v) is 21.8. The fraction of sp³-hybridized carbons (Fsp3) is 0.346. The van der Waals surface area contributed by atoms with Gasteiger partial charge in [0.2, 0.25) is 10.0 Å². The van der Waals surface area contributed by atoms with Crippen LogP contribution in [0.15, 0.2) is 48.9 Å². The molecular formula is C26H28ClN5O3S. The van der Waals surface area contributed by atoms with Crippen molar-refractivity contribution in [3.05, 3.63) is 70.8 Å². The van der Waals surface area contributed by atoms with Crippen molar-refractivity contribution >= 4 is 32.5 Å². The van der Waals surface area contributed by atoms with Gasteiger partial charge in [0.05, 0.1) is 16.0 Å². The largest absolute Gasteiger partial charge is 0.487 e. The normalized spacial score (nSPS) is 14.5. The molecule has 3 aromatic heterocycles. The highest BCUT2D eigenvalue weighted by molar-refractivity contribution is 7.90. The Morgan fingerprint density at radius 1 is 1.19 bits per heavy atom. The lowest BCUT2D eigenvalue weighted by Crippen LogP contribution is -2.32. The van der Waals surface area contributed by atoms with Gasteiger partial charge in [-0.05, 0) is 43.5 Å². The van der Waals surface area contributed by atoms with Gasteiger partial charge in [-0.15, -0.1) is 0 Å². The van der Waals surface area contributed by atoms with Crippen molar-refractivity contribution < 1.29 is 13.2 Å². The summed E-state index contributed by atoms with van der Waals surface area (Å²) in [6, 6.07) is 9.83. The Kier molecular flexibility index (Phi) is 6.96. The molecule has 4 aromatic rings. The van der Waals surface area contributed by atoms with Crippen LogP contribution in [0, 0.1) is 6.92 Å². The van der Waals surface area contributed by atoms with Crippen LogP contribution in [0.3, 0.4) is 0 Å². The number of aryl methyl sites for hydroxylation is 2. The number of hydrogen-bond acceptors (Lipinski definition) is 6. The van der Waals surface area contributed by atoms with Gasteiger partial charge in [-0.2, -0.15) is 5.10 Å². The van der Waals surface area contributed by atoms with Crippen LogP contribution in [0.2, 0.25) is 5.02 Å². The number of sulfonamides is 1. The molecule has 1 N–H and O–H groups in total. The van der Waals surface area contributed by atoms with E-state index >= 15 is 0 Å². The van der Waals surface area contributed by atoms with Gasteiger partial charge in [-0.25, -0.2) is 18.1 Å². The molecule has 1 saturated carbocycles. The molecule has 0 unspecified atom stereocenters. The number of halogens is 1. The molecule has 36 heavy (non-hydrogen) atoms. The van der Waals surface area contributed by atoms with Gasteiger partial charge in [0.15, 0.2) is 0 Å². The maximum atomic E-state index is 12.7. The van der Waals surface area contributed by atoms with Gasteiger partial charge >= 0.3 is 0 Å². The first-order chi connectivity index (χ1) is 17.3. The van der Waals surface area contributed by atoms with Crippen LogP contribution in [0.25, 0.3) is 22.2 Å². The van der Waals surface area contributed by atoms with E-state index in [0.717, 1.165) is 40.7 Å². The number of rotatable bonds is 8. The lowest BCUT2D eigenvalue weighted by atomic mass is 10.0.